The lowest BCUT2D eigenvalue weighted by Crippen LogP contribution is -2.39. The second-order valence-corrected chi connectivity index (χ2v) is 7.17. The average Bonchev–Trinajstić information content (AvgIpc) is 2.76. The lowest BCUT2D eigenvalue weighted by atomic mass is 9.99. The molecule has 28 heavy (non-hydrogen) atoms. The lowest BCUT2D eigenvalue weighted by Gasteiger charge is -2.23. The van der Waals surface area contributed by atoms with E-state index in [9.17, 15) is 0 Å². The Labute approximate surface area is 173 Å². The van der Waals surface area contributed by atoms with Gasteiger partial charge < -0.3 is 15.5 Å². The standard InChI is InChI=1S/C24H27N3S/c1-27(22-16-9-4-10-17-22)19-11-18-25-24(28)26-23(20-12-5-2-6-13-20)21-14-7-3-8-15-21/h2-10,12-17,23H,11,18-19H2,1H3,(H2,25,26,28). The fourth-order valence-electron chi connectivity index (χ4n) is 3.16. The Morgan fingerprint density at radius 2 is 1.32 bits per heavy atom. The minimum atomic E-state index is 0.0365. The van der Waals surface area contributed by atoms with E-state index in [1.165, 1.54) is 16.8 Å². The number of para-hydroxylation sites is 1. The molecular formula is C24H27N3S. The molecule has 3 rings (SSSR count). The van der Waals surface area contributed by atoms with Crippen molar-refractivity contribution in [3.05, 3.63) is 102 Å². The summed E-state index contributed by atoms with van der Waals surface area (Å²) in [6.07, 6.45) is 1.01. The first-order valence-electron chi connectivity index (χ1n) is 9.64. The molecule has 4 heteroatoms. The molecule has 0 radical (unpaired) electrons. The van der Waals surface area contributed by atoms with Crippen LogP contribution in [0.1, 0.15) is 23.6 Å². The normalized spacial score (nSPS) is 10.5. The molecule has 0 fully saturated rings. The van der Waals surface area contributed by atoms with Gasteiger partial charge in [0.15, 0.2) is 5.11 Å². The molecule has 3 nitrogen and oxygen atoms in total. The zero-order chi connectivity index (χ0) is 19.6. The van der Waals surface area contributed by atoms with E-state index in [2.05, 4.69) is 95.4 Å². The Bertz CT molecular complexity index is 798. The van der Waals surface area contributed by atoms with Crippen LogP contribution in [0.5, 0.6) is 0 Å². The van der Waals surface area contributed by atoms with Crippen molar-refractivity contribution in [3.63, 3.8) is 0 Å². The van der Waals surface area contributed by atoms with Crippen molar-refractivity contribution < 1.29 is 0 Å². The number of anilines is 1. The first-order valence-corrected chi connectivity index (χ1v) is 10.1. The summed E-state index contributed by atoms with van der Waals surface area (Å²) in [7, 11) is 2.12. The van der Waals surface area contributed by atoms with Crippen molar-refractivity contribution in [2.24, 2.45) is 0 Å². The topological polar surface area (TPSA) is 27.3 Å². The maximum Gasteiger partial charge on any atom is 0.167 e. The molecule has 0 aromatic heterocycles. The van der Waals surface area contributed by atoms with E-state index in [4.69, 9.17) is 12.2 Å². The molecular weight excluding hydrogens is 362 g/mol. The van der Waals surface area contributed by atoms with Gasteiger partial charge in [-0.25, -0.2) is 0 Å². The summed E-state index contributed by atoms with van der Waals surface area (Å²) in [4.78, 5) is 2.26. The third-order valence-corrected chi connectivity index (χ3v) is 4.96. The van der Waals surface area contributed by atoms with Crippen LogP contribution in [-0.4, -0.2) is 25.2 Å². The van der Waals surface area contributed by atoms with Gasteiger partial charge >= 0.3 is 0 Å². The van der Waals surface area contributed by atoms with Crippen LogP contribution >= 0.6 is 12.2 Å². The van der Waals surface area contributed by atoms with Crippen molar-refractivity contribution in [1.29, 1.82) is 0 Å². The van der Waals surface area contributed by atoms with Crippen molar-refractivity contribution in [2.75, 3.05) is 25.0 Å². The van der Waals surface area contributed by atoms with Crippen LogP contribution in [0.25, 0.3) is 0 Å². The molecule has 0 aliphatic rings. The summed E-state index contributed by atoms with van der Waals surface area (Å²) in [6, 6.07) is 31.3. The molecule has 0 spiro atoms. The van der Waals surface area contributed by atoms with Gasteiger partial charge in [0.05, 0.1) is 6.04 Å². The van der Waals surface area contributed by atoms with Crippen molar-refractivity contribution in [1.82, 2.24) is 10.6 Å². The van der Waals surface area contributed by atoms with Gasteiger partial charge in [0.25, 0.3) is 0 Å². The Kier molecular flexibility index (Phi) is 7.44. The van der Waals surface area contributed by atoms with Gasteiger partial charge in [0, 0.05) is 25.8 Å². The highest BCUT2D eigenvalue weighted by Crippen LogP contribution is 2.21. The van der Waals surface area contributed by atoms with Gasteiger partial charge in [-0.3, -0.25) is 0 Å². The Balaban J connectivity index is 1.52. The molecule has 0 aliphatic heterocycles. The molecule has 0 saturated carbocycles. The molecule has 144 valence electrons. The van der Waals surface area contributed by atoms with Crippen LogP contribution in [0.4, 0.5) is 5.69 Å². The summed E-state index contributed by atoms with van der Waals surface area (Å²) in [6.45, 7) is 1.81. The molecule has 3 aromatic carbocycles. The van der Waals surface area contributed by atoms with Crippen molar-refractivity contribution in [2.45, 2.75) is 12.5 Å². The number of nitrogens with zero attached hydrogens (tertiary/aromatic N) is 1. The summed E-state index contributed by atoms with van der Waals surface area (Å²) < 4.78 is 0. The monoisotopic (exact) mass is 389 g/mol. The highest BCUT2D eigenvalue weighted by Gasteiger charge is 2.14. The maximum absolute atomic E-state index is 5.57. The second-order valence-electron chi connectivity index (χ2n) is 6.77. The van der Waals surface area contributed by atoms with E-state index >= 15 is 0 Å². The minimum absolute atomic E-state index is 0.0365. The van der Waals surface area contributed by atoms with Crippen LogP contribution in [0.3, 0.4) is 0 Å². The molecule has 0 aliphatic carbocycles. The van der Waals surface area contributed by atoms with Gasteiger partial charge in [0.1, 0.15) is 0 Å². The van der Waals surface area contributed by atoms with E-state index in [0.717, 1.165) is 19.5 Å². The Morgan fingerprint density at radius 3 is 1.86 bits per heavy atom. The number of hydrogen-bond acceptors (Lipinski definition) is 2. The highest BCUT2D eigenvalue weighted by atomic mass is 32.1. The third kappa shape index (κ3) is 5.83. The van der Waals surface area contributed by atoms with Crippen LogP contribution < -0.4 is 15.5 Å². The fraction of sp³-hybridized carbons (Fsp3) is 0.208. The second kappa shape index (κ2) is 10.5. The zero-order valence-electron chi connectivity index (χ0n) is 16.2. The molecule has 0 amide bonds. The number of hydrogen-bond donors (Lipinski definition) is 2. The Hall–Kier alpha value is -2.85. The summed E-state index contributed by atoms with van der Waals surface area (Å²) in [5.74, 6) is 0. The highest BCUT2D eigenvalue weighted by molar-refractivity contribution is 7.80. The smallest absolute Gasteiger partial charge is 0.167 e. The van der Waals surface area contributed by atoms with Crippen LogP contribution in [0, 0.1) is 0 Å². The predicted molar refractivity (Wildman–Crippen MR) is 123 cm³/mol. The van der Waals surface area contributed by atoms with E-state index in [-0.39, 0.29) is 6.04 Å². The third-order valence-electron chi connectivity index (χ3n) is 4.69. The number of rotatable bonds is 8. The van der Waals surface area contributed by atoms with E-state index in [0.29, 0.717) is 5.11 Å². The van der Waals surface area contributed by atoms with Gasteiger partial charge in [-0.15, -0.1) is 0 Å². The molecule has 0 atom stereocenters. The Morgan fingerprint density at radius 1 is 0.821 bits per heavy atom. The molecule has 0 unspecified atom stereocenters. The van der Waals surface area contributed by atoms with Gasteiger partial charge in [-0.05, 0) is 41.9 Å². The first-order chi connectivity index (χ1) is 13.7. The van der Waals surface area contributed by atoms with Gasteiger partial charge in [-0.1, -0.05) is 78.9 Å². The summed E-state index contributed by atoms with van der Waals surface area (Å²) in [5.41, 5.74) is 3.62. The lowest BCUT2D eigenvalue weighted by molar-refractivity contribution is 0.708. The molecule has 0 bridgehead atoms. The van der Waals surface area contributed by atoms with Crippen LogP contribution in [0.15, 0.2) is 91.0 Å². The number of benzene rings is 3. The summed E-state index contributed by atoms with van der Waals surface area (Å²) >= 11 is 5.57. The predicted octanol–water partition coefficient (Wildman–Crippen LogP) is 4.77. The molecule has 2 N–H and O–H groups in total. The van der Waals surface area contributed by atoms with Crippen LogP contribution in [0.2, 0.25) is 0 Å². The maximum atomic E-state index is 5.57. The van der Waals surface area contributed by atoms with Crippen LogP contribution in [-0.2, 0) is 0 Å². The van der Waals surface area contributed by atoms with Gasteiger partial charge in [0.2, 0.25) is 0 Å². The van der Waals surface area contributed by atoms with Gasteiger partial charge in [-0.2, -0.15) is 0 Å². The zero-order valence-corrected chi connectivity index (χ0v) is 17.0. The number of nitrogens with one attached hydrogen (secondary N) is 2. The minimum Gasteiger partial charge on any atom is -0.375 e. The fourth-order valence-corrected chi connectivity index (χ4v) is 3.38. The number of thiocarbonyl (C=S) groups is 1. The molecule has 3 aromatic rings. The average molecular weight is 390 g/mol. The van der Waals surface area contributed by atoms with E-state index in [1.807, 2.05) is 18.2 Å². The summed E-state index contributed by atoms with van der Waals surface area (Å²) in [5, 5.41) is 7.51. The van der Waals surface area contributed by atoms with E-state index < -0.39 is 0 Å². The van der Waals surface area contributed by atoms with Crippen molar-refractivity contribution >= 4 is 23.0 Å². The molecule has 0 saturated heterocycles. The van der Waals surface area contributed by atoms with E-state index in [1.54, 1.807) is 0 Å². The SMILES string of the molecule is CN(CCCNC(=S)NC(c1ccccc1)c1ccccc1)c1ccccc1. The quantitative estimate of drug-likeness (QED) is 0.429. The first kappa shape index (κ1) is 19.9. The van der Waals surface area contributed by atoms with Crippen molar-refractivity contribution in [3.8, 4) is 0 Å². The largest absolute Gasteiger partial charge is 0.375 e. The molecule has 0 heterocycles.